The number of benzene rings is 1. The lowest BCUT2D eigenvalue weighted by Gasteiger charge is -2.22. The van der Waals surface area contributed by atoms with Gasteiger partial charge in [-0.05, 0) is 40.4 Å². The molecule has 0 bridgehead atoms. The van der Waals surface area contributed by atoms with Crippen molar-refractivity contribution >= 4 is 26.0 Å². The van der Waals surface area contributed by atoms with Gasteiger partial charge in [0.25, 0.3) is 0 Å². The Morgan fingerprint density at radius 3 is 2.52 bits per heavy atom. The lowest BCUT2D eigenvalue weighted by Crippen LogP contribution is -2.32. The van der Waals surface area contributed by atoms with Gasteiger partial charge in [-0.25, -0.2) is 8.42 Å². The van der Waals surface area contributed by atoms with Crippen LogP contribution in [0.3, 0.4) is 0 Å². The molecule has 0 atom stereocenters. The van der Waals surface area contributed by atoms with Crippen molar-refractivity contribution in [3.05, 3.63) is 58.8 Å². The summed E-state index contributed by atoms with van der Waals surface area (Å²) in [5.41, 5.74) is 0.996. The standard InChI is InChI=1S/C15H15BrN2O2S/c16-13-8-15(10-17-9-13)21(19,20)18(14-6-7-14)11-12-4-2-1-3-5-12/h1-5,8-10,14H,6-7,11H2. The predicted molar refractivity (Wildman–Crippen MR) is 84.1 cm³/mol. The topological polar surface area (TPSA) is 50.3 Å². The van der Waals surface area contributed by atoms with Crippen LogP contribution in [-0.2, 0) is 16.6 Å². The molecular weight excluding hydrogens is 352 g/mol. The highest BCUT2D eigenvalue weighted by Gasteiger charge is 2.38. The van der Waals surface area contributed by atoms with Crippen molar-refractivity contribution in [3.63, 3.8) is 0 Å². The molecule has 1 aliphatic rings. The molecule has 2 aromatic rings. The first-order valence-corrected chi connectivity index (χ1v) is 8.97. The molecule has 1 saturated carbocycles. The van der Waals surface area contributed by atoms with Gasteiger partial charge in [-0.3, -0.25) is 4.98 Å². The fraction of sp³-hybridized carbons (Fsp3) is 0.267. The Morgan fingerprint density at radius 2 is 1.90 bits per heavy atom. The van der Waals surface area contributed by atoms with Gasteiger partial charge in [-0.2, -0.15) is 4.31 Å². The highest BCUT2D eigenvalue weighted by molar-refractivity contribution is 9.10. The Morgan fingerprint density at radius 1 is 1.19 bits per heavy atom. The molecule has 0 N–H and O–H groups in total. The van der Waals surface area contributed by atoms with Crippen LogP contribution in [0, 0.1) is 0 Å². The first kappa shape index (κ1) is 14.7. The van der Waals surface area contributed by atoms with Crippen LogP contribution in [0.2, 0.25) is 0 Å². The van der Waals surface area contributed by atoms with Gasteiger partial charge >= 0.3 is 0 Å². The predicted octanol–water partition coefficient (Wildman–Crippen LogP) is 3.20. The van der Waals surface area contributed by atoms with Gasteiger partial charge in [-0.15, -0.1) is 0 Å². The van der Waals surface area contributed by atoms with Crippen LogP contribution in [0.15, 0.2) is 58.2 Å². The van der Waals surface area contributed by atoms with Crippen molar-refractivity contribution in [1.29, 1.82) is 0 Å². The molecule has 1 aromatic heterocycles. The number of nitrogens with zero attached hydrogens (tertiary/aromatic N) is 2. The molecule has 110 valence electrons. The van der Waals surface area contributed by atoms with E-state index in [1.807, 2.05) is 30.3 Å². The van der Waals surface area contributed by atoms with E-state index < -0.39 is 10.0 Å². The van der Waals surface area contributed by atoms with Crippen LogP contribution in [0.5, 0.6) is 0 Å². The Balaban J connectivity index is 1.93. The quantitative estimate of drug-likeness (QED) is 0.816. The number of hydrogen-bond acceptors (Lipinski definition) is 3. The molecule has 0 radical (unpaired) electrons. The van der Waals surface area contributed by atoms with Crippen molar-refractivity contribution in [2.45, 2.75) is 30.3 Å². The molecule has 1 aromatic carbocycles. The van der Waals surface area contributed by atoms with E-state index in [9.17, 15) is 8.42 Å². The molecule has 21 heavy (non-hydrogen) atoms. The van der Waals surface area contributed by atoms with E-state index in [2.05, 4.69) is 20.9 Å². The lowest BCUT2D eigenvalue weighted by molar-refractivity contribution is 0.398. The van der Waals surface area contributed by atoms with Crippen LogP contribution in [0.25, 0.3) is 0 Å². The zero-order valence-corrected chi connectivity index (χ0v) is 13.7. The number of aromatic nitrogens is 1. The summed E-state index contributed by atoms with van der Waals surface area (Å²) >= 11 is 3.28. The molecule has 1 fully saturated rings. The third-order valence-electron chi connectivity index (χ3n) is 3.42. The Hall–Kier alpha value is -1.24. The summed E-state index contributed by atoms with van der Waals surface area (Å²) in [4.78, 5) is 4.20. The maximum atomic E-state index is 12.8. The fourth-order valence-electron chi connectivity index (χ4n) is 2.21. The van der Waals surface area contributed by atoms with E-state index in [0.717, 1.165) is 18.4 Å². The zero-order chi connectivity index (χ0) is 14.9. The molecule has 4 nitrogen and oxygen atoms in total. The number of hydrogen-bond donors (Lipinski definition) is 0. The molecule has 0 saturated heterocycles. The highest BCUT2D eigenvalue weighted by Crippen LogP contribution is 2.33. The van der Waals surface area contributed by atoms with Crippen molar-refractivity contribution in [2.75, 3.05) is 0 Å². The molecule has 0 spiro atoms. The first-order valence-electron chi connectivity index (χ1n) is 6.74. The van der Waals surface area contributed by atoms with Gasteiger partial charge in [0.05, 0.1) is 0 Å². The zero-order valence-electron chi connectivity index (χ0n) is 11.3. The number of rotatable bonds is 5. The molecule has 1 heterocycles. The van der Waals surface area contributed by atoms with E-state index in [-0.39, 0.29) is 10.9 Å². The van der Waals surface area contributed by atoms with E-state index in [0.29, 0.717) is 11.0 Å². The number of pyridine rings is 1. The SMILES string of the molecule is O=S(=O)(c1cncc(Br)c1)N(Cc1ccccc1)C1CC1. The highest BCUT2D eigenvalue weighted by atomic mass is 79.9. The van der Waals surface area contributed by atoms with Gasteiger partial charge in [0, 0.05) is 29.5 Å². The van der Waals surface area contributed by atoms with Gasteiger partial charge < -0.3 is 0 Å². The van der Waals surface area contributed by atoms with Gasteiger partial charge in [0.1, 0.15) is 4.90 Å². The maximum Gasteiger partial charge on any atom is 0.245 e. The van der Waals surface area contributed by atoms with Crippen LogP contribution in [-0.4, -0.2) is 23.7 Å². The van der Waals surface area contributed by atoms with Crippen molar-refractivity contribution in [2.24, 2.45) is 0 Å². The number of sulfonamides is 1. The number of halogens is 1. The fourth-order valence-corrected chi connectivity index (χ4v) is 4.38. The first-order chi connectivity index (χ1) is 10.1. The smallest absolute Gasteiger partial charge is 0.245 e. The summed E-state index contributed by atoms with van der Waals surface area (Å²) in [7, 11) is -3.52. The Bertz CT molecular complexity index is 730. The summed E-state index contributed by atoms with van der Waals surface area (Å²) in [6.45, 7) is 0.403. The Kier molecular flexibility index (Phi) is 4.10. The molecule has 3 rings (SSSR count). The Labute approximate surface area is 133 Å². The van der Waals surface area contributed by atoms with Crippen LogP contribution < -0.4 is 0 Å². The van der Waals surface area contributed by atoms with Crippen LogP contribution in [0.4, 0.5) is 0 Å². The lowest BCUT2D eigenvalue weighted by atomic mass is 10.2. The van der Waals surface area contributed by atoms with Crippen molar-refractivity contribution in [1.82, 2.24) is 9.29 Å². The van der Waals surface area contributed by atoms with Crippen molar-refractivity contribution in [3.8, 4) is 0 Å². The molecule has 0 amide bonds. The minimum atomic E-state index is -3.52. The van der Waals surface area contributed by atoms with Crippen molar-refractivity contribution < 1.29 is 8.42 Å². The van der Waals surface area contributed by atoms with E-state index >= 15 is 0 Å². The second-order valence-electron chi connectivity index (χ2n) is 5.11. The summed E-state index contributed by atoms with van der Waals surface area (Å²) in [5, 5.41) is 0. The second-order valence-corrected chi connectivity index (χ2v) is 7.91. The maximum absolute atomic E-state index is 12.8. The third-order valence-corrected chi connectivity index (χ3v) is 5.72. The monoisotopic (exact) mass is 366 g/mol. The average Bonchev–Trinajstić information content (AvgIpc) is 3.30. The molecular formula is C15H15BrN2O2S. The summed E-state index contributed by atoms with van der Waals surface area (Å²) in [5.74, 6) is 0. The minimum Gasteiger partial charge on any atom is -0.262 e. The third kappa shape index (κ3) is 3.33. The van der Waals surface area contributed by atoms with Gasteiger partial charge in [0.2, 0.25) is 10.0 Å². The van der Waals surface area contributed by atoms with E-state index in [4.69, 9.17) is 0 Å². The van der Waals surface area contributed by atoms with E-state index in [1.54, 1.807) is 16.6 Å². The second kappa shape index (κ2) is 5.87. The molecule has 6 heteroatoms. The molecule has 0 aliphatic heterocycles. The van der Waals surface area contributed by atoms with Crippen LogP contribution in [0.1, 0.15) is 18.4 Å². The summed E-state index contributed by atoms with van der Waals surface area (Å²) in [6, 6.07) is 11.4. The summed E-state index contributed by atoms with van der Waals surface area (Å²) in [6.07, 6.45) is 4.83. The van der Waals surface area contributed by atoms with Crippen LogP contribution >= 0.6 is 15.9 Å². The minimum absolute atomic E-state index is 0.106. The summed E-state index contributed by atoms with van der Waals surface area (Å²) < 4.78 is 27.9. The largest absolute Gasteiger partial charge is 0.262 e. The normalized spacial score (nSPS) is 15.3. The molecule has 0 unspecified atom stereocenters. The van der Waals surface area contributed by atoms with E-state index in [1.165, 1.54) is 6.20 Å². The van der Waals surface area contributed by atoms with Gasteiger partial charge in [0.15, 0.2) is 0 Å². The van der Waals surface area contributed by atoms with Gasteiger partial charge in [-0.1, -0.05) is 30.3 Å². The average molecular weight is 367 g/mol. The molecule has 1 aliphatic carbocycles.